The summed E-state index contributed by atoms with van der Waals surface area (Å²) in [6.45, 7) is 0.541. The normalized spacial score (nSPS) is 10.3. The average molecular weight is 244 g/mol. The molecule has 6 heteroatoms. The van der Waals surface area contributed by atoms with E-state index in [4.69, 9.17) is 5.73 Å². The van der Waals surface area contributed by atoms with Gasteiger partial charge in [-0.05, 0) is 18.5 Å². The molecular weight excluding hydrogens is 232 g/mol. The Kier molecular flexibility index (Phi) is 3.59. The number of aromatic nitrogens is 2. The lowest BCUT2D eigenvalue weighted by molar-refractivity contribution is -0.384. The van der Waals surface area contributed by atoms with E-state index in [-0.39, 0.29) is 5.69 Å². The number of nitro groups is 1. The highest BCUT2D eigenvalue weighted by Gasteiger charge is 2.08. The maximum Gasteiger partial charge on any atom is 0.270 e. The fraction of sp³-hybridized carbons (Fsp3) is 0.167. The number of hydrogen-bond donors (Lipinski definition) is 1. The number of nitrogens with zero attached hydrogens (tertiary/aromatic N) is 3. The third-order valence-corrected chi connectivity index (χ3v) is 2.45. The predicted octanol–water partition coefficient (Wildman–Crippen LogP) is 1.55. The smallest absolute Gasteiger partial charge is 0.270 e. The van der Waals surface area contributed by atoms with Gasteiger partial charge in [0.15, 0.2) is 5.82 Å². The van der Waals surface area contributed by atoms with E-state index < -0.39 is 4.92 Å². The molecule has 0 saturated carbocycles. The topological polar surface area (TPSA) is 94.9 Å². The zero-order chi connectivity index (χ0) is 13.0. The molecule has 0 radical (unpaired) electrons. The van der Waals surface area contributed by atoms with Crippen LogP contribution < -0.4 is 5.73 Å². The maximum atomic E-state index is 10.7. The summed E-state index contributed by atoms with van der Waals surface area (Å²) < 4.78 is 0. The second-order valence-corrected chi connectivity index (χ2v) is 3.76. The van der Waals surface area contributed by atoms with Crippen LogP contribution in [-0.2, 0) is 6.42 Å². The molecule has 0 atom stereocenters. The predicted molar refractivity (Wildman–Crippen MR) is 66.9 cm³/mol. The Hall–Kier alpha value is -2.34. The molecule has 0 aliphatic carbocycles. The largest absolute Gasteiger partial charge is 0.330 e. The van der Waals surface area contributed by atoms with Gasteiger partial charge in [0.2, 0.25) is 0 Å². The Morgan fingerprint density at radius 1 is 1.28 bits per heavy atom. The molecule has 0 bridgehead atoms. The monoisotopic (exact) mass is 244 g/mol. The molecule has 0 amide bonds. The van der Waals surface area contributed by atoms with Crippen LogP contribution in [0.2, 0.25) is 0 Å². The van der Waals surface area contributed by atoms with Crippen molar-refractivity contribution in [3.05, 3.63) is 52.3 Å². The van der Waals surface area contributed by atoms with Crippen molar-refractivity contribution in [3.8, 4) is 11.4 Å². The zero-order valence-corrected chi connectivity index (χ0v) is 9.61. The van der Waals surface area contributed by atoms with Crippen LogP contribution in [0.15, 0.2) is 36.7 Å². The summed E-state index contributed by atoms with van der Waals surface area (Å²) in [6, 6.07) is 6.25. The minimum atomic E-state index is -0.438. The van der Waals surface area contributed by atoms with Crippen molar-refractivity contribution in [2.75, 3.05) is 6.54 Å². The van der Waals surface area contributed by atoms with Gasteiger partial charge in [-0.2, -0.15) is 0 Å². The van der Waals surface area contributed by atoms with Crippen LogP contribution in [0.1, 0.15) is 5.56 Å². The Morgan fingerprint density at radius 2 is 2.00 bits per heavy atom. The first-order chi connectivity index (χ1) is 8.70. The molecule has 0 aliphatic rings. The van der Waals surface area contributed by atoms with Crippen molar-refractivity contribution >= 4 is 5.69 Å². The molecule has 2 N–H and O–H groups in total. The van der Waals surface area contributed by atoms with Crippen molar-refractivity contribution in [2.45, 2.75) is 6.42 Å². The van der Waals surface area contributed by atoms with E-state index in [1.165, 1.54) is 12.1 Å². The van der Waals surface area contributed by atoms with Crippen LogP contribution >= 0.6 is 0 Å². The highest BCUT2D eigenvalue weighted by Crippen LogP contribution is 2.20. The van der Waals surface area contributed by atoms with Crippen LogP contribution in [0, 0.1) is 10.1 Å². The first kappa shape index (κ1) is 12.1. The van der Waals surface area contributed by atoms with Crippen molar-refractivity contribution in [3.63, 3.8) is 0 Å². The van der Waals surface area contributed by atoms with Gasteiger partial charge in [0.25, 0.3) is 5.69 Å². The second kappa shape index (κ2) is 5.33. The molecule has 1 heterocycles. The molecule has 6 nitrogen and oxygen atoms in total. The fourth-order valence-electron chi connectivity index (χ4n) is 1.56. The van der Waals surface area contributed by atoms with Gasteiger partial charge in [-0.3, -0.25) is 10.1 Å². The highest BCUT2D eigenvalue weighted by molar-refractivity contribution is 5.58. The summed E-state index contributed by atoms with van der Waals surface area (Å²) in [5, 5.41) is 10.7. The molecule has 0 fully saturated rings. The Morgan fingerprint density at radius 3 is 2.61 bits per heavy atom. The second-order valence-electron chi connectivity index (χ2n) is 3.76. The summed E-state index contributed by atoms with van der Waals surface area (Å²) >= 11 is 0. The maximum absolute atomic E-state index is 10.7. The molecule has 92 valence electrons. The number of non-ortho nitro benzene ring substituents is 1. The van der Waals surface area contributed by atoms with E-state index >= 15 is 0 Å². The molecule has 2 rings (SSSR count). The van der Waals surface area contributed by atoms with Crippen molar-refractivity contribution in [1.82, 2.24) is 9.97 Å². The fourth-order valence-corrected chi connectivity index (χ4v) is 1.56. The molecule has 0 aliphatic heterocycles. The van der Waals surface area contributed by atoms with E-state index in [0.29, 0.717) is 17.9 Å². The van der Waals surface area contributed by atoms with E-state index in [0.717, 1.165) is 12.0 Å². The quantitative estimate of drug-likeness (QED) is 0.650. The molecule has 0 saturated heterocycles. The van der Waals surface area contributed by atoms with Crippen molar-refractivity contribution < 1.29 is 4.92 Å². The van der Waals surface area contributed by atoms with Gasteiger partial charge in [-0.1, -0.05) is 12.1 Å². The lowest BCUT2D eigenvalue weighted by Gasteiger charge is -2.01. The summed E-state index contributed by atoms with van der Waals surface area (Å²) in [5.41, 5.74) is 7.04. The molecule has 0 unspecified atom stereocenters. The van der Waals surface area contributed by atoms with Crippen molar-refractivity contribution in [2.24, 2.45) is 5.73 Å². The van der Waals surface area contributed by atoms with Crippen LogP contribution in [0.4, 0.5) is 5.69 Å². The summed E-state index contributed by atoms with van der Waals surface area (Å²) in [7, 11) is 0. The van der Waals surface area contributed by atoms with E-state index in [1.54, 1.807) is 24.5 Å². The SMILES string of the molecule is NCCc1cnc(-c2cccc([N+](=O)[O-])c2)nc1. The van der Waals surface area contributed by atoms with Gasteiger partial charge in [-0.25, -0.2) is 9.97 Å². The summed E-state index contributed by atoms with van der Waals surface area (Å²) in [5.74, 6) is 0.472. The van der Waals surface area contributed by atoms with Crippen LogP contribution in [0.25, 0.3) is 11.4 Å². The summed E-state index contributed by atoms with van der Waals surface area (Å²) in [4.78, 5) is 18.6. The van der Waals surface area contributed by atoms with Crippen LogP contribution in [-0.4, -0.2) is 21.4 Å². The van der Waals surface area contributed by atoms with Gasteiger partial charge in [-0.15, -0.1) is 0 Å². The van der Waals surface area contributed by atoms with Crippen LogP contribution in [0.5, 0.6) is 0 Å². The highest BCUT2D eigenvalue weighted by atomic mass is 16.6. The van der Waals surface area contributed by atoms with Crippen molar-refractivity contribution in [1.29, 1.82) is 0 Å². The van der Waals surface area contributed by atoms with E-state index in [1.807, 2.05) is 0 Å². The standard InChI is InChI=1S/C12H12N4O2/c13-5-4-9-7-14-12(15-8-9)10-2-1-3-11(6-10)16(17)18/h1-3,6-8H,4-5,13H2. The molecular formula is C12H12N4O2. The third kappa shape index (κ3) is 2.67. The first-order valence-electron chi connectivity index (χ1n) is 5.46. The number of nitrogens with two attached hydrogens (primary N) is 1. The summed E-state index contributed by atoms with van der Waals surface area (Å²) in [6.07, 6.45) is 4.09. The molecule has 1 aromatic carbocycles. The van der Waals surface area contributed by atoms with Gasteiger partial charge in [0.1, 0.15) is 0 Å². The van der Waals surface area contributed by atoms with E-state index in [2.05, 4.69) is 9.97 Å². The number of rotatable bonds is 4. The van der Waals surface area contributed by atoms with E-state index in [9.17, 15) is 10.1 Å². The van der Waals surface area contributed by atoms with Gasteiger partial charge in [0, 0.05) is 30.1 Å². The van der Waals surface area contributed by atoms with Crippen LogP contribution in [0.3, 0.4) is 0 Å². The number of nitro benzene ring substituents is 1. The average Bonchev–Trinajstić information content (AvgIpc) is 2.40. The minimum absolute atomic E-state index is 0.0298. The lowest BCUT2D eigenvalue weighted by atomic mass is 10.2. The van der Waals surface area contributed by atoms with Gasteiger partial charge in [0.05, 0.1) is 4.92 Å². The number of hydrogen-bond acceptors (Lipinski definition) is 5. The zero-order valence-electron chi connectivity index (χ0n) is 9.61. The molecule has 1 aromatic heterocycles. The molecule has 0 spiro atoms. The first-order valence-corrected chi connectivity index (χ1v) is 5.46. The third-order valence-electron chi connectivity index (χ3n) is 2.45. The molecule has 18 heavy (non-hydrogen) atoms. The Bertz CT molecular complexity index is 554. The number of benzene rings is 1. The Balaban J connectivity index is 2.30. The lowest BCUT2D eigenvalue weighted by Crippen LogP contribution is -2.03. The minimum Gasteiger partial charge on any atom is -0.330 e. The van der Waals surface area contributed by atoms with Gasteiger partial charge < -0.3 is 5.73 Å². The molecule has 2 aromatic rings. The Labute approximate surface area is 104 Å². The van der Waals surface area contributed by atoms with Gasteiger partial charge >= 0.3 is 0 Å².